The number of piperidine rings is 1. The van der Waals surface area contributed by atoms with Gasteiger partial charge < -0.3 is 14.2 Å². The number of sulfonamides is 1. The standard InChI is InChI=1S/C20H24N2O5S/c1-15-3-2-8-21-20(15)27-14-16-6-9-22(10-7-16)28(23,24)17-4-5-18-19(13-17)26-12-11-25-18/h2-5,8,13,16H,6-7,9-12,14H2,1H3. The molecule has 150 valence electrons. The van der Waals surface area contributed by atoms with Crippen LogP contribution in [0.25, 0.3) is 0 Å². The highest BCUT2D eigenvalue weighted by Gasteiger charge is 2.30. The van der Waals surface area contributed by atoms with Gasteiger partial charge in [0.1, 0.15) is 13.2 Å². The highest BCUT2D eigenvalue weighted by Crippen LogP contribution is 2.34. The first-order chi connectivity index (χ1) is 13.5. The Balaban J connectivity index is 1.37. The number of aromatic nitrogens is 1. The van der Waals surface area contributed by atoms with Crippen molar-refractivity contribution in [2.75, 3.05) is 32.9 Å². The lowest BCUT2D eigenvalue weighted by atomic mass is 9.99. The summed E-state index contributed by atoms with van der Waals surface area (Å²) in [6.07, 6.45) is 3.23. The van der Waals surface area contributed by atoms with E-state index in [1.54, 1.807) is 28.7 Å². The maximum absolute atomic E-state index is 13.0. The second kappa shape index (κ2) is 7.97. The molecule has 2 aromatic rings. The lowest BCUT2D eigenvalue weighted by Gasteiger charge is -2.31. The van der Waals surface area contributed by atoms with Gasteiger partial charge in [-0.05, 0) is 43.9 Å². The molecule has 2 aliphatic rings. The Bertz CT molecular complexity index is 939. The third-order valence-electron chi connectivity index (χ3n) is 5.14. The van der Waals surface area contributed by atoms with E-state index >= 15 is 0 Å². The second-order valence-electron chi connectivity index (χ2n) is 7.09. The van der Waals surface area contributed by atoms with Crippen LogP contribution in [0.5, 0.6) is 17.4 Å². The van der Waals surface area contributed by atoms with E-state index in [2.05, 4.69) is 4.98 Å². The number of aryl methyl sites for hydroxylation is 1. The van der Waals surface area contributed by atoms with Gasteiger partial charge in [0.15, 0.2) is 11.5 Å². The van der Waals surface area contributed by atoms with E-state index in [0.29, 0.717) is 56.2 Å². The highest BCUT2D eigenvalue weighted by molar-refractivity contribution is 7.89. The Morgan fingerprint density at radius 3 is 2.64 bits per heavy atom. The van der Waals surface area contributed by atoms with Gasteiger partial charge in [-0.25, -0.2) is 13.4 Å². The van der Waals surface area contributed by atoms with E-state index in [1.807, 2.05) is 19.1 Å². The van der Waals surface area contributed by atoms with Crippen molar-refractivity contribution in [2.24, 2.45) is 5.92 Å². The van der Waals surface area contributed by atoms with E-state index < -0.39 is 10.0 Å². The van der Waals surface area contributed by atoms with E-state index in [0.717, 1.165) is 18.4 Å². The fraction of sp³-hybridized carbons (Fsp3) is 0.450. The number of benzene rings is 1. The SMILES string of the molecule is Cc1cccnc1OCC1CCN(S(=O)(=O)c2ccc3c(c2)OCCO3)CC1. The molecule has 8 heteroatoms. The number of nitrogens with zero attached hydrogens (tertiary/aromatic N) is 2. The van der Waals surface area contributed by atoms with Crippen LogP contribution in [0, 0.1) is 12.8 Å². The Morgan fingerprint density at radius 2 is 1.89 bits per heavy atom. The first-order valence-electron chi connectivity index (χ1n) is 9.48. The number of ether oxygens (including phenoxy) is 3. The summed E-state index contributed by atoms with van der Waals surface area (Å²) >= 11 is 0. The lowest BCUT2D eigenvalue weighted by molar-refractivity contribution is 0.170. The van der Waals surface area contributed by atoms with Crippen molar-refractivity contribution >= 4 is 10.0 Å². The number of hydrogen-bond donors (Lipinski definition) is 0. The Labute approximate surface area is 165 Å². The average Bonchev–Trinajstić information content (AvgIpc) is 2.73. The van der Waals surface area contributed by atoms with Crippen LogP contribution >= 0.6 is 0 Å². The zero-order valence-electron chi connectivity index (χ0n) is 15.8. The summed E-state index contributed by atoms with van der Waals surface area (Å²) < 4.78 is 44.3. The summed E-state index contributed by atoms with van der Waals surface area (Å²) in [5, 5.41) is 0. The fourth-order valence-corrected chi connectivity index (χ4v) is 4.95. The molecule has 3 heterocycles. The van der Waals surface area contributed by atoms with Crippen molar-refractivity contribution in [1.29, 1.82) is 0 Å². The molecule has 4 rings (SSSR count). The molecule has 0 radical (unpaired) electrons. The molecule has 7 nitrogen and oxygen atoms in total. The molecule has 0 saturated carbocycles. The normalized spacial score (nSPS) is 18.0. The predicted molar refractivity (Wildman–Crippen MR) is 103 cm³/mol. The maximum Gasteiger partial charge on any atom is 0.243 e. The van der Waals surface area contributed by atoms with E-state index in [4.69, 9.17) is 14.2 Å². The molecule has 0 aliphatic carbocycles. The molecule has 0 unspecified atom stereocenters. The molecule has 0 amide bonds. The molecule has 0 atom stereocenters. The van der Waals surface area contributed by atoms with Gasteiger partial charge in [0.2, 0.25) is 15.9 Å². The number of hydrogen-bond acceptors (Lipinski definition) is 6. The number of pyridine rings is 1. The van der Waals surface area contributed by atoms with Crippen LogP contribution in [-0.2, 0) is 10.0 Å². The molecule has 1 aromatic heterocycles. The Hall–Kier alpha value is -2.32. The van der Waals surface area contributed by atoms with Gasteiger partial charge in [0, 0.05) is 30.9 Å². The monoisotopic (exact) mass is 404 g/mol. The molecule has 0 bridgehead atoms. The molecule has 0 N–H and O–H groups in total. The molecule has 28 heavy (non-hydrogen) atoms. The van der Waals surface area contributed by atoms with Gasteiger partial charge >= 0.3 is 0 Å². The van der Waals surface area contributed by atoms with Gasteiger partial charge in [-0.2, -0.15) is 4.31 Å². The molecule has 1 saturated heterocycles. The van der Waals surface area contributed by atoms with E-state index in [-0.39, 0.29) is 4.90 Å². The predicted octanol–water partition coefficient (Wildman–Crippen LogP) is 2.64. The van der Waals surface area contributed by atoms with Gasteiger partial charge in [0.25, 0.3) is 0 Å². The summed E-state index contributed by atoms with van der Waals surface area (Å²) in [6, 6.07) is 8.65. The molecule has 1 aromatic carbocycles. The summed E-state index contributed by atoms with van der Waals surface area (Å²) in [5.74, 6) is 2.04. The van der Waals surface area contributed by atoms with Crippen molar-refractivity contribution < 1.29 is 22.6 Å². The zero-order valence-corrected chi connectivity index (χ0v) is 16.7. The van der Waals surface area contributed by atoms with Gasteiger partial charge in [-0.15, -0.1) is 0 Å². The summed E-state index contributed by atoms with van der Waals surface area (Å²) in [7, 11) is -3.55. The van der Waals surface area contributed by atoms with Gasteiger partial charge in [0.05, 0.1) is 11.5 Å². The summed E-state index contributed by atoms with van der Waals surface area (Å²) in [5.41, 5.74) is 1.00. The van der Waals surface area contributed by atoms with Crippen molar-refractivity contribution in [1.82, 2.24) is 9.29 Å². The van der Waals surface area contributed by atoms with Crippen LogP contribution < -0.4 is 14.2 Å². The second-order valence-corrected chi connectivity index (χ2v) is 9.03. The number of fused-ring (bicyclic) bond motifs is 1. The molecular formula is C20H24N2O5S. The Kier molecular flexibility index (Phi) is 5.41. The first-order valence-corrected chi connectivity index (χ1v) is 10.9. The van der Waals surface area contributed by atoms with Crippen LogP contribution in [0.15, 0.2) is 41.4 Å². The van der Waals surface area contributed by atoms with E-state index in [1.165, 1.54) is 0 Å². The number of rotatable bonds is 5. The third-order valence-corrected chi connectivity index (χ3v) is 7.04. The van der Waals surface area contributed by atoms with Crippen LogP contribution in [0.3, 0.4) is 0 Å². The molecule has 2 aliphatic heterocycles. The third kappa shape index (κ3) is 3.93. The van der Waals surface area contributed by atoms with Gasteiger partial charge in [-0.3, -0.25) is 0 Å². The van der Waals surface area contributed by atoms with Crippen molar-refractivity contribution in [3.05, 3.63) is 42.1 Å². The summed E-state index contributed by atoms with van der Waals surface area (Å²) in [4.78, 5) is 4.49. The lowest BCUT2D eigenvalue weighted by Crippen LogP contribution is -2.39. The molecule has 1 fully saturated rings. The van der Waals surface area contributed by atoms with Crippen LogP contribution in [0.1, 0.15) is 18.4 Å². The van der Waals surface area contributed by atoms with Crippen molar-refractivity contribution in [2.45, 2.75) is 24.7 Å². The summed E-state index contributed by atoms with van der Waals surface area (Å²) in [6.45, 7) is 4.38. The smallest absolute Gasteiger partial charge is 0.243 e. The quantitative estimate of drug-likeness (QED) is 0.762. The fourth-order valence-electron chi connectivity index (χ4n) is 3.47. The minimum Gasteiger partial charge on any atom is -0.486 e. The maximum atomic E-state index is 13.0. The minimum absolute atomic E-state index is 0.246. The average molecular weight is 404 g/mol. The van der Waals surface area contributed by atoms with Crippen LogP contribution in [-0.4, -0.2) is 50.6 Å². The van der Waals surface area contributed by atoms with Crippen molar-refractivity contribution in [3.63, 3.8) is 0 Å². The largest absolute Gasteiger partial charge is 0.486 e. The van der Waals surface area contributed by atoms with Crippen LogP contribution in [0.4, 0.5) is 0 Å². The van der Waals surface area contributed by atoms with Crippen LogP contribution in [0.2, 0.25) is 0 Å². The first kappa shape index (κ1) is 19.0. The Morgan fingerprint density at radius 1 is 1.14 bits per heavy atom. The topological polar surface area (TPSA) is 78.0 Å². The van der Waals surface area contributed by atoms with Gasteiger partial charge in [-0.1, -0.05) is 6.07 Å². The zero-order chi connectivity index (χ0) is 19.6. The molecular weight excluding hydrogens is 380 g/mol. The van der Waals surface area contributed by atoms with Crippen molar-refractivity contribution in [3.8, 4) is 17.4 Å². The van der Waals surface area contributed by atoms with E-state index in [9.17, 15) is 8.42 Å². The minimum atomic E-state index is -3.55. The molecule has 0 spiro atoms. The highest BCUT2D eigenvalue weighted by atomic mass is 32.2.